The van der Waals surface area contributed by atoms with E-state index in [0.717, 1.165) is 6.54 Å². The number of hydrogen-bond donors (Lipinski definition) is 1. The van der Waals surface area contributed by atoms with Crippen LogP contribution in [0.25, 0.3) is 0 Å². The molecule has 0 radical (unpaired) electrons. The standard InChI is InChI=1S/C12H21N3O3/c1-9-8-18-10(2)6-15(9)12(17)7-14-4-3-13-5-11(14)16/h9-10,13H,3-8H2,1-2H3/t9-,10+/m0/s1. The van der Waals surface area contributed by atoms with Crippen LogP contribution in [0.15, 0.2) is 0 Å². The Morgan fingerprint density at radius 1 is 1.50 bits per heavy atom. The van der Waals surface area contributed by atoms with Crippen molar-refractivity contribution in [2.24, 2.45) is 0 Å². The summed E-state index contributed by atoms with van der Waals surface area (Å²) in [5.74, 6) is 0.0245. The van der Waals surface area contributed by atoms with Gasteiger partial charge in [0.2, 0.25) is 11.8 Å². The van der Waals surface area contributed by atoms with E-state index in [4.69, 9.17) is 4.74 Å². The number of carbonyl (C=O) groups is 2. The van der Waals surface area contributed by atoms with E-state index in [2.05, 4.69) is 5.32 Å². The van der Waals surface area contributed by atoms with Crippen LogP contribution in [-0.2, 0) is 14.3 Å². The van der Waals surface area contributed by atoms with Crippen molar-refractivity contribution in [2.75, 3.05) is 39.3 Å². The number of nitrogens with one attached hydrogen (secondary N) is 1. The first-order chi connectivity index (χ1) is 8.58. The molecule has 0 bridgehead atoms. The zero-order chi connectivity index (χ0) is 13.1. The third kappa shape index (κ3) is 3.00. The third-order valence-electron chi connectivity index (χ3n) is 3.44. The second-order valence-corrected chi connectivity index (χ2v) is 5.03. The fourth-order valence-corrected chi connectivity index (χ4v) is 2.32. The van der Waals surface area contributed by atoms with Crippen molar-refractivity contribution in [3.63, 3.8) is 0 Å². The highest BCUT2D eigenvalue weighted by atomic mass is 16.5. The summed E-state index contributed by atoms with van der Waals surface area (Å²) < 4.78 is 5.50. The summed E-state index contributed by atoms with van der Waals surface area (Å²) in [7, 11) is 0. The van der Waals surface area contributed by atoms with Crippen LogP contribution < -0.4 is 5.32 Å². The average Bonchev–Trinajstić information content (AvgIpc) is 2.35. The Kier molecular flexibility index (Phi) is 4.19. The number of nitrogens with zero attached hydrogens (tertiary/aromatic N) is 2. The molecule has 2 aliphatic heterocycles. The SMILES string of the molecule is C[C@@H]1CN(C(=O)CN2CCNCC2=O)[C@@H](C)CO1. The molecule has 1 N–H and O–H groups in total. The molecule has 2 amide bonds. The van der Waals surface area contributed by atoms with Gasteiger partial charge in [-0.05, 0) is 13.8 Å². The van der Waals surface area contributed by atoms with E-state index in [0.29, 0.717) is 26.2 Å². The Morgan fingerprint density at radius 2 is 2.28 bits per heavy atom. The second-order valence-electron chi connectivity index (χ2n) is 5.03. The first-order valence-electron chi connectivity index (χ1n) is 6.47. The highest BCUT2D eigenvalue weighted by Crippen LogP contribution is 2.12. The lowest BCUT2D eigenvalue weighted by Gasteiger charge is -2.38. The number of rotatable bonds is 2. The summed E-state index contributed by atoms with van der Waals surface area (Å²) in [5, 5.41) is 3.00. The Labute approximate surface area is 107 Å². The van der Waals surface area contributed by atoms with Crippen LogP contribution in [0.2, 0.25) is 0 Å². The monoisotopic (exact) mass is 255 g/mol. The van der Waals surface area contributed by atoms with Gasteiger partial charge in [-0.15, -0.1) is 0 Å². The quantitative estimate of drug-likeness (QED) is 0.691. The fourth-order valence-electron chi connectivity index (χ4n) is 2.32. The van der Waals surface area contributed by atoms with Crippen molar-refractivity contribution in [1.82, 2.24) is 15.1 Å². The van der Waals surface area contributed by atoms with Crippen LogP contribution in [0, 0.1) is 0 Å². The molecule has 0 aromatic heterocycles. The Bertz CT molecular complexity index is 335. The van der Waals surface area contributed by atoms with Crippen LogP contribution >= 0.6 is 0 Å². The molecule has 2 aliphatic rings. The van der Waals surface area contributed by atoms with Gasteiger partial charge in [0, 0.05) is 19.6 Å². The van der Waals surface area contributed by atoms with Crippen LogP contribution in [0.4, 0.5) is 0 Å². The van der Waals surface area contributed by atoms with Gasteiger partial charge >= 0.3 is 0 Å². The Balaban J connectivity index is 1.91. The molecule has 102 valence electrons. The summed E-state index contributed by atoms with van der Waals surface area (Å²) in [6.07, 6.45) is 0.0730. The van der Waals surface area contributed by atoms with Crippen LogP contribution in [-0.4, -0.2) is 73.1 Å². The van der Waals surface area contributed by atoms with Gasteiger partial charge in [-0.1, -0.05) is 0 Å². The molecule has 6 nitrogen and oxygen atoms in total. The highest BCUT2D eigenvalue weighted by Gasteiger charge is 2.29. The molecule has 2 heterocycles. The lowest BCUT2D eigenvalue weighted by atomic mass is 10.2. The van der Waals surface area contributed by atoms with E-state index >= 15 is 0 Å². The molecular formula is C12H21N3O3. The van der Waals surface area contributed by atoms with Gasteiger partial charge in [0.15, 0.2) is 0 Å². The van der Waals surface area contributed by atoms with Gasteiger partial charge < -0.3 is 19.9 Å². The smallest absolute Gasteiger partial charge is 0.242 e. The summed E-state index contributed by atoms with van der Waals surface area (Å²) >= 11 is 0. The lowest BCUT2D eigenvalue weighted by Crippen LogP contribution is -2.56. The highest BCUT2D eigenvalue weighted by molar-refractivity contribution is 5.86. The maximum Gasteiger partial charge on any atom is 0.242 e. The van der Waals surface area contributed by atoms with Crippen molar-refractivity contribution in [2.45, 2.75) is 26.0 Å². The number of hydrogen-bond acceptors (Lipinski definition) is 4. The van der Waals surface area contributed by atoms with Crippen molar-refractivity contribution < 1.29 is 14.3 Å². The zero-order valence-electron chi connectivity index (χ0n) is 11.0. The van der Waals surface area contributed by atoms with Gasteiger partial charge in [0.05, 0.1) is 31.8 Å². The summed E-state index contributed by atoms with van der Waals surface area (Å²) in [4.78, 5) is 27.3. The molecule has 0 saturated carbocycles. The number of ether oxygens (including phenoxy) is 1. The summed E-state index contributed by atoms with van der Waals surface area (Å²) in [6.45, 7) is 7.01. The molecule has 2 fully saturated rings. The zero-order valence-corrected chi connectivity index (χ0v) is 11.0. The van der Waals surface area contributed by atoms with E-state index in [1.54, 1.807) is 4.90 Å². The predicted octanol–water partition coefficient (Wildman–Crippen LogP) is -0.946. The first-order valence-corrected chi connectivity index (χ1v) is 6.47. The van der Waals surface area contributed by atoms with Gasteiger partial charge in [0.25, 0.3) is 0 Å². The van der Waals surface area contributed by atoms with Gasteiger partial charge in [-0.2, -0.15) is 0 Å². The molecule has 0 unspecified atom stereocenters. The molecule has 6 heteroatoms. The Morgan fingerprint density at radius 3 is 3.00 bits per heavy atom. The largest absolute Gasteiger partial charge is 0.375 e. The average molecular weight is 255 g/mol. The van der Waals surface area contributed by atoms with Crippen molar-refractivity contribution in [3.8, 4) is 0 Å². The van der Waals surface area contributed by atoms with Crippen LogP contribution in [0.5, 0.6) is 0 Å². The summed E-state index contributed by atoms with van der Waals surface area (Å²) in [5.41, 5.74) is 0. The van der Waals surface area contributed by atoms with Crippen molar-refractivity contribution in [3.05, 3.63) is 0 Å². The van der Waals surface area contributed by atoms with Crippen LogP contribution in [0.3, 0.4) is 0 Å². The normalized spacial score (nSPS) is 29.6. The second kappa shape index (κ2) is 5.67. The molecule has 0 aliphatic carbocycles. The number of morpholine rings is 1. The van der Waals surface area contributed by atoms with E-state index in [1.807, 2.05) is 18.7 Å². The first kappa shape index (κ1) is 13.3. The molecule has 0 aromatic rings. The van der Waals surface area contributed by atoms with Crippen molar-refractivity contribution in [1.29, 1.82) is 0 Å². The maximum absolute atomic E-state index is 12.2. The van der Waals surface area contributed by atoms with Gasteiger partial charge in [-0.25, -0.2) is 0 Å². The summed E-state index contributed by atoms with van der Waals surface area (Å²) in [6, 6.07) is 0.0896. The van der Waals surface area contributed by atoms with Gasteiger partial charge in [-0.3, -0.25) is 9.59 Å². The molecule has 18 heavy (non-hydrogen) atoms. The van der Waals surface area contributed by atoms with E-state index < -0.39 is 0 Å². The number of piperazine rings is 1. The molecule has 0 aromatic carbocycles. The van der Waals surface area contributed by atoms with E-state index in [1.165, 1.54) is 0 Å². The topological polar surface area (TPSA) is 61.9 Å². The van der Waals surface area contributed by atoms with Gasteiger partial charge in [0.1, 0.15) is 0 Å². The van der Waals surface area contributed by atoms with E-state index in [9.17, 15) is 9.59 Å². The number of amides is 2. The third-order valence-corrected chi connectivity index (χ3v) is 3.44. The molecule has 2 rings (SSSR count). The molecular weight excluding hydrogens is 234 g/mol. The van der Waals surface area contributed by atoms with Crippen molar-refractivity contribution >= 4 is 11.8 Å². The maximum atomic E-state index is 12.2. The Hall–Kier alpha value is -1.14. The molecule has 2 saturated heterocycles. The molecule has 0 spiro atoms. The van der Waals surface area contributed by atoms with Crippen LogP contribution in [0.1, 0.15) is 13.8 Å². The minimum absolute atomic E-state index is 0.00330. The molecule has 2 atom stereocenters. The predicted molar refractivity (Wildman–Crippen MR) is 66.0 cm³/mol. The lowest BCUT2D eigenvalue weighted by molar-refractivity contribution is -0.148. The van der Waals surface area contributed by atoms with E-state index in [-0.39, 0.29) is 30.5 Å². The minimum Gasteiger partial charge on any atom is -0.375 e. The minimum atomic E-state index is 0.00330. The fraction of sp³-hybridized carbons (Fsp3) is 0.833. The number of carbonyl (C=O) groups excluding carboxylic acids is 2.